The van der Waals surface area contributed by atoms with Gasteiger partial charge in [-0.25, -0.2) is 4.79 Å². The number of aromatic amines is 1. The zero-order valence-corrected chi connectivity index (χ0v) is 23.0. The number of Topliss-reactive ketones (excluding diaryl/α,β-unsaturated/α-hetero) is 1. The van der Waals surface area contributed by atoms with E-state index in [1.54, 1.807) is 18.2 Å². The van der Waals surface area contributed by atoms with Gasteiger partial charge in [0.05, 0.1) is 17.4 Å². The predicted octanol–water partition coefficient (Wildman–Crippen LogP) is 5.31. The molecule has 214 valence electrons. The topological polar surface area (TPSA) is 135 Å². The number of para-hydroxylation sites is 1. The van der Waals surface area contributed by atoms with E-state index in [0.717, 1.165) is 27.6 Å². The number of nitrogens with one attached hydrogen (secondary N) is 2. The summed E-state index contributed by atoms with van der Waals surface area (Å²) in [6.45, 7) is 0.104. The first kappa shape index (κ1) is 28.6. The summed E-state index contributed by atoms with van der Waals surface area (Å²) in [5, 5.41) is 14.1. The molecule has 8 nitrogen and oxygen atoms in total. The lowest BCUT2D eigenvalue weighted by atomic mass is 9.64. The highest BCUT2D eigenvalue weighted by molar-refractivity contribution is 5.96. The van der Waals surface area contributed by atoms with Crippen LogP contribution in [0.5, 0.6) is 0 Å². The van der Waals surface area contributed by atoms with Gasteiger partial charge in [0.1, 0.15) is 6.61 Å². The van der Waals surface area contributed by atoms with Crippen molar-refractivity contribution in [1.29, 1.82) is 0 Å². The molecule has 0 saturated carbocycles. The van der Waals surface area contributed by atoms with Crippen molar-refractivity contribution in [1.82, 2.24) is 10.3 Å². The van der Waals surface area contributed by atoms with Crippen molar-refractivity contribution in [3.63, 3.8) is 0 Å². The van der Waals surface area contributed by atoms with Crippen molar-refractivity contribution in [3.05, 3.63) is 132 Å². The van der Waals surface area contributed by atoms with Gasteiger partial charge in [-0.1, -0.05) is 91.0 Å². The zero-order chi connectivity index (χ0) is 29.5. The van der Waals surface area contributed by atoms with E-state index >= 15 is 0 Å². The molecule has 0 fully saturated rings. The fourth-order valence-corrected chi connectivity index (χ4v) is 5.55. The lowest BCUT2D eigenvalue weighted by Gasteiger charge is -2.38. The van der Waals surface area contributed by atoms with Gasteiger partial charge in [-0.3, -0.25) is 14.9 Å². The largest absolute Gasteiger partial charge is 0.481 e. The molecular weight excluding hydrogens is 530 g/mol. The number of alkyl carbamates (subject to hydrolysis) is 1. The molecule has 5 N–H and O–H groups in total. The Labute approximate surface area is 243 Å². The van der Waals surface area contributed by atoms with Gasteiger partial charge < -0.3 is 20.6 Å². The highest BCUT2D eigenvalue weighted by Gasteiger charge is 2.49. The van der Waals surface area contributed by atoms with Crippen LogP contribution in [-0.2, 0) is 33.8 Å². The molecule has 0 saturated heterocycles. The number of aliphatic carboxylic acids is 1. The second-order valence-electron chi connectivity index (χ2n) is 10.5. The zero-order valence-electron chi connectivity index (χ0n) is 23.0. The number of aromatic nitrogens is 1. The van der Waals surface area contributed by atoms with E-state index in [9.17, 15) is 19.5 Å². The number of benzene rings is 3. The number of H-pyrrole nitrogens is 1. The van der Waals surface area contributed by atoms with Crippen LogP contribution in [0, 0.1) is 11.3 Å². The summed E-state index contributed by atoms with van der Waals surface area (Å²) in [6, 6.07) is 25.3. The van der Waals surface area contributed by atoms with E-state index in [0.29, 0.717) is 5.70 Å². The minimum Gasteiger partial charge on any atom is -0.481 e. The summed E-state index contributed by atoms with van der Waals surface area (Å²) in [5.41, 5.74) is 9.02. The first-order valence-corrected chi connectivity index (χ1v) is 13.8. The lowest BCUT2D eigenvalue weighted by molar-refractivity contribution is -0.150. The van der Waals surface area contributed by atoms with Crippen molar-refractivity contribution >= 4 is 28.7 Å². The Kier molecular flexibility index (Phi) is 8.64. The standard InChI is InChI=1S/C34H33N3O5/c35-29(20-25-21-36-30-14-8-7-13-27(25)30)31(38)34(28(32(39)40)19-23-9-3-1-4-10-23)17-15-26(16-18-34)37-33(41)42-22-24-11-5-2-6-12-24/h1-17,21,28-29,36H,18-20,22,35H2,(H,37,41)(H,39,40)/t28?,29-,34?/m0/s1. The molecule has 1 aliphatic rings. The lowest BCUT2D eigenvalue weighted by Crippen LogP contribution is -2.51. The van der Waals surface area contributed by atoms with Crippen molar-refractivity contribution in [2.45, 2.75) is 31.9 Å². The quantitative estimate of drug-likeness (QED) is 0.195. The second kappa shape index (κ2) is 12.7. The third-order valence-electron chi connectivity index (χ3n) is 7.79. The van der Waals surface area contributed by atoms with E-state index in [1.807, 2.05) is 91.1 Å². The summed E-state index contributed by atoms with van der Waals surface area (Å²) >= 11 is 0. The molecule has 3 atom stereocenters. The fraction of sp³-hybridized carbons (Fsp3) is 0.206. The molecule has 0 spiro atoms. The maximum Gasteiger partial charge on any atom is 0.411 e. The molecule has 8 heteroatoms. The number of rotatable bonds is 11. The van der Waals surface area contributed by atoms with Crippen LogP contribution in [0.2, 0.25) is 0 Å². The van der Waals surface area contributed by atoms with Crippen molar-refractivity contribution in [2.24, 2.45) is 17.1 Å². The van der Waals surface area contributed by atoms with Gasteiger partial charge in [0.15, 0.2) is 5.78 Å². The summed E-state index contributed by atoms with van der Waals surface area (Å²) in [5.74, 6) is -2.54. The smallest absolute Gasteiger partial charge is 0.411 e. The Balaban J connectivity index is 1.38. The molecule has 0 radical (unpaired) electrons. The van der Waals surface area contributed by atoms with Crippen LogP contribution in [-0.4, -0.2) is 34.0 Å². The van der Waals surface area contributed by atoms with E-state index in [2.05, 4.69) is 10.3 Å². The highest BCUT2D eigenvalue weighted by Crippen LogP contribution is 2.41. The molecule has 2 unspecified atom stereocenters. The van der Waals surface area contributed by atoms with Crippen LogP contribution in [0.4, 0.5) is 4.79 Å². The molecule has 5 rings (SSSR count). The molecular formula is C34H33N3O5. The van der Waals surface area contributed by atoms with Crippen LogP contribution < -0.4 is 11.1 Å². The molecule has 42 heavy (non-hydrogen) atoms. The minimum atomic E-state index is -1.42. The van der Waals surface area contributed by atoms with E-state index in [-0.39, 0.29) is 31.7 Å². The maximum absolute atomic E-state index is 14.2. The Morgan fingerprint density at radius 1 is 0.929 bits per heavy atom. The van der Waals surface area contributed by atoms with Gasteiger partial charge in [-0.15, -0.1) is 0 Å². The summed E-state index contributed by atoms with van der Waals surface area (Å²) in [6.07, 6.45) is 6.47. The van der Waals surface area contributed by atoms with Crippen LogP contribution in [0.3, 0.4) is 0 Å². The third kappa shape index (κ3) is 6.34. The number of carbonyl (C=O) groups is 3. The Morgan fingerprint density at radius 2 is 1.60 bits per heavy atom. The van der Waals surface area contributed by atoms with Gasteiger partial charge in [-0.05, 0) is 48.1 Å². The first-order valence-electron chi connectivity index (χ1n) is 13.8. The number of carboxylic acids is 1. The first-order chi connectivity index (χ1) is 20.4. The van der Waals surface area contributed by atoms with Crippen molar-refractivity contribution in [2.75, 3.05) is 0 Å². The molecule has 1 amide bonds. The molecule has 0 bridgehead atoms. The van der Waals surface area contributed by atoms with Crippen LogP contribution in [0.1, 0.15) is 23.1 Å². The van der Waals surface area contributed by atoms with Gasteiger partial charge >= 0.3 is 12.1 Å². The van der Waals surface area contributed by atoms with Gasteiger partial charge in [0.2, 0.25) is 0 Å². The summed E-state index contributed by atoms with van der Waals surface area (Å²) in [7, 11) is 0. The third-order valence-corrected chi connectivity index (χ3v) is 7.79. The highest BCUT2D eigenvalue weighted by atomic mass is 16.5. The van der Waals surface area contributed by atoms with Gasteiger partial charge in [0.25, 0.3) is 0 Å². The molecule has 4 aromatic rings. The number of ketones is 1. The second-order valence-corrected chi connectivity index (χ2v) is 10.5. The maximum atomic E-state index is 14.2. The van der Waals surface area contributed by atoms with Gasteiger partial charge in [-0.2, -0.15) is 0 Å². The number of carbonyl (C=O) groups excluding carboxylic acids is 2. The fourth-order valence-electron chi connectivity index (χ4n) is 5.55. The number of hydrogen-bond donors (Lipinski definition) is 4. The van der Waals surface area contributed by atoms with Gasteiger partial charge in [0, 0.05) is 22.8 Å². The van der Waals surface area contributed by atoms with Crippen LogP contribution >= 0.6 is 0 Å². The molecule has 0 aliphatic heterocycles. The predicted molar refractivity (Wildman–Crippen MR) is 160 cm³/mol. The normalized spacial score (nSPS) is 17.7. The average molecular weight is 564 g/mol. The summed E-state index contributed by atoms with van der Waals surface area (Å²) in [4.78, 5) is 42.6. The number of nitrogens with two attached hydrogens (primary N) is 1. The number of hydrogen-bond acceptors (Lipinski definition) is 5. The number of amides is 1. The van der Waals surface area contributed by atoms with E-state index in [4.69, 9.17) is 10.5 Å². The Morgan fingerprint density at radius 3 is 2.26 bits per heavy atom. The molecule has 1 aliphatic carbocycles. The minimum absolute atomic E-state index is 0.0576. The molecule has 3 aromatic carbocycles. The van der Waals surface area contributed by atoms with E-state index < -0.39 is 29.4 Å². The average Bonchev–Trinajstić information content (AvgIpc) is 3.42. The molecule has 1 aromatic heterocycles. The Bertz CT molecular complexity index is 1630. The van der Waals surface area contributed by atoms with Crippen LogP contribution in [0.15, 0.2) is 115 Å². The van der Waals surface area contributed by atoms with Crippen LogP contribution in [0.25, 0.3) is 10.9 Å². The summed E-state index contributed by atoms with van der Waals surface area (Å²) < 4.78 is 5.32. The number of fused-ring (bicyclic) bond motifs is 1. The number of allylic oxidation sites excluding steroid dienone is 3. The Hall–Kier alpha value is -4.95. The number of ether oxygens (including phenoxy) is 1. The molecule has 1 heterocycles. The SMILES string of the molecule is N[C@@H](Cc1c[nH]c2ccccc12)C(=O)C1(C(Cc2ccccc2)C(=O)O)C=CC(NC(=O)OCc2ccccc2)=CC1. The van der Waals surface area contributed by atoms with Crippen molar-refractivity contribution < 1.29 is 24.2 Å². The monoisotopic (exact) mass is 563 g/mol. The number of carboxylic acid groups (broad SMARTS) is 1. The van der Waals surface area contributed by atoms with Crippen molar-refractivity contribution in [3.8, 4) is 0 Å². The van der Waals surface area contributed by atoms with E-state index in [1.165, 1.54) is 0 Å².